The third-order valence-electron chi connectivity index (χ3n) is 2.61. The lowest BCUT2D eigenvalue weighted by Gasteiger charge is -2.10. The summed E-state index contributed by atoms with van der Waals surface area (Å²) in [5, 5.41) is 0. The number of alkyl halides is 1. The van der Waals surface area contributed by atoms with Gasteiger partial charge in [-0.3, -0.25) is 4.79 Å². The first-order chi connectivity index (χ1) is 9.03. The molecule has 0 aromatic heterocycles. The fraction of sp³-hybridized carbons (Fsp3) is 0.0714. The van der Waals surface area contributed by atoms with Gasteiger partial charge < -0.3 is 0 Å². The molecule has 0 bridgehead atoms. The molecule has 0 saturated heterocycles. The van der Waals surface area contributed by atoms with Gasteiger partial charge in [0.2, 0.25) is 14.5 Å². The second-order valence-electron chi connectivity index (χ2n) is 3.90. The highest BCUT2D eigenvalue weighted by atomic mass is 35.5. The third kappa shape index (κ3) is 2.85. The van der Waals surface area contributed by atoms with E-state index in [-0.39, 0.29) is 10.5 Å². The molecule has 2 aromatic carbocycles. The van der Waals surface area contributed by atoms with Crippen LogP contribution < -0.4 is 0 Å². The van der Waals surface area contributed by atoms with E-state index in [1.807, 2.05) is 0 Å². The van der Waals surface area contributed by atoms with Gasteiger partial charge in [0.1, 0.15) is 0 Å². The van der Waals surface area contributed by atoms with E-state index in [9.17, 15) is 13.2 Å². The smallest absolute Gasteiger partial charge is 0.202 e. The maximum Gasteiger partial charge on any atom is 0.202 e. The zero-order valence-electron chi connectivity index (χ0n) is 9.86. The lowest BCUT2D eigenvalue weighted by atomic mass is 10.1. The van der Waals surface area contributed by atoms with Gasteiger partial charge >= 0.3 is 0 Å². The Morgan fingerprint density at radius 3 is 1.89 bits per heavy atom. The van der Waals surface area contributed by atoms with E-state index in [2.05, 4.69) is 0 Å². The molecule has 0 aliphatic rings. The van der Waals surface area contributed by atoms with Crippen LogP contribution in [0.1, 0.15) is 10.4 Å². The molecule has 2 rings (SSSR count). The van der Waals surface area contributed by atoms with Crippen molar-refractivity contribution in [1.82, 2.24) is 0 Å². The first-order valence-corrected chi connectivity index (χ1v) is 7.54. The van der Waals surface area contributed by atoms with Crippen LogP contribution in [0.25, 0.3) is 0 Å². The molecule has 0 saturated carbocycles. The number of hydrogen-bond donors (Lipinski definition) is 0. The molecule has 0 aliphatic carbocycles. The van der Waals surface area contributed by atoms with Crippen molar-refractivity contribution in [2.45, 2.75) is 9.60 Å². The van der Waals surface area contributed by atoms with Crippen LogP contribution in [-0.2, 0) is 9.84 Å². The summed E-state index contributed by atoms with van der Waals surface area (Å²) in [7, 11) is -3.87. The Labute approximate surface area is 116 Å². The largest absolute Gasteiger partial charge is 0.291 e. The molecular weight excluding hydrogens is 284 g/mol. The molecule has 3 nitrogen and oxygen atoms in total. The number of carbonyl (C=O) groups is 1. The van der Waals surface area contributed by atoms with Gasteiger partial charge in [-0.25, -0.2) is 8.42 Å². The van der Waals surface area contributed by atoms with E-state index in [4.69, 9.17) is 11.6 Å². The van der Waals surface area contributed by atoms with Crippen molar-refractivity contribution in [1.29, 1.82) is 0 Å². The van der Waals surface area contributed by atoms with Gasteiger partial charge in [0, 0.05) is 5.56 Å². The summed E-state index contributed by atoms with van der Waals surface area (Å²) >= 11 is 5.85. The average Bonchev–Trinajstić information content (AvgIpc) is 2.47. The Hall–Kier alpha value is -1.65. The Kier molecular flexibility index (Phi) is 4.02. The van der Waals surface area contributed by atoms with E-state index >= 15 is 0 Å². The fourth-order valence-corrected chi connectivity index (χ4v) is 3.23. The van der Waals surface area contributed by atoms with E-state index < -0.39 is 20.3 Å². The molecule has 2 aromatic rings. The Balaban J connectivity index is 2.35. The summed E-state index contributed by atoms with van der Waals surface area (Å²) in [5.41, 5.74) is 0.280. The minimum atomic E-state index is -3.87. The monoisotopic (exact) mass is 294 g/mol. The van der Waals surface area contributed by atoms with Crippen LogP contribution in [-0.4, -0.2) is 18.9 Å². The van der Waals surface area contributed by atoms with Crippen LogP contribution >= 0.6 is 11.6 Å². The second-order valence-corrected chi connectivity index (χ2v) is 6.63. The molecule has 0 heterocycles. The molecule has 98 valence electrons. The minimum absolute atomic E-state index is 0.0410. The topological polar surface area (TPSA) is 51.2 Å². The van der Waals surface area contributed by atoms with Gasteiger partial charge in [-0.05, 0) is 12.1 Å². The van der Waals surface area contributed by atoms with Gasteiger partial charge in [0.25, 0.3) is 0 Å². The van der Waals surface area contributed by atoms with Gasteiger partial charge in [0.05, 0.1) is 4.90 Å². The highest BCUT2D eigenvalue weighted by Crippen LogP contribution is 2.22. The summed E-state index contributed by atoms with van der Waals surface area (Å²) in [5.74, 6) is -0.619. The summed E-state index contributed by atoms with van der Waals surface area (Å²) in [6, 6.07) is 15.8. The number of ketones is 1. The van der Waals surface area contributed by atoms with Crippen LogP contribution in [0.15, 0.2) is 65.6 Å². The zero-order valence-corrected chi connectivity index (χ0v) is 11.4. The standard InChI is InChI=1S/C14H11ClO3S/c15-14(13(16)11-7-3-1-4-8-11)19(17,18)12-9-5-2-6-10-12/h1-10,14H/t14-/m1/s1. The van der Waals surface area contributed by atoms with E-state index in [1.54, 1.807) is 36.4 Å². The first kappa shape index (κ1) is 13.8. The first-order valence-electron chi connectivity index (χ1n) is 5.56. The number of hydrogen-bond acceptors (Lipinski definition) is 3. The minimum Gasteiger partial charge on any atom is -0.291 e. The summed E-state index contributed by atoms with van der Waals surface area (Å²) < 4.78 is 22.8. The van der Waals surface area contributed by atoms with E-state index in [0.717, 1.165) is 0 Å². The fourth-order valence-electron chi connectivity index (χ4n) is 1.60. The van der Waals surface area contributed by atoms with Crippen molar-refractivity contribution < 1.29 is 13.2 Å². The highest BCUT2D eigenvalue weighted by molar-refractivity contribution is 7.94. The van der Waals surface area contributed by atoms with Crippen LogP contribution in [0, 0.1) is 0 Å². The maximum atomic E-state index is 12.2. The van der Waals surface area contributed by atoms with Gasteiger partial charge in [-0.2, -0.15) is 0 Å². The van der Waals surface area contributed by atoms with E-state index in [0.29, 0.717) is 0 Å². The van der Waals surface area contributed by atoms with Crippen LogP contribution in [0.4, 0.5) is 0 Å². The van der Waals surface area contributed by atoms with Crippen LogP contribution in [0.3, 0.4) is 0 Å². The SMILES string of the molecule is O=C(c1ccccc1)[C@H](Cl)S(=O)(=O)c1ccccc1. The van der Waals surface area contributed by atoms with E-state index in [1.165, 1.54) is 24.3 Å². The molecule has 0 fully saturated rings. The number of carbonyl (C=O) groups excluding carboxylic acids is 1. The molecule has 0 aliphatic heterocycles. The summed E-state index contributed by atoms with van der Waals surface area (Å²) in [6.07, 6.45) is 0. The number of sulfone groups is 1. The van der Waals surface area contributed by atoms with Crippen molar-refractivity contribution in [3.8, 4) is 0 Å². The number of halogens is 1. The number of Topliss-reactive ketones (excluding diaryl/α,β-unsaturated/α-hetero) is 1. The normalized spacial score (nSPS) is 12.9. The quantitative estimate of drug-likeness (QED) is 0.643. The highest BCUT2D eigenvalue weighted by Gasteiger charge is 2.32. The molecule has 0 spiro atoms. The lowest BCUT2D eigenvalue weighted by molar-refractivity contribution is 0.101. The number of benzene rings is 2. The third-order valence-corrected chi connectivity index (χ3v) is 5.20. The van der Waals surface area contributed by atoms with Crippen molar-refractivity contribution in [3.05, 3.63) is 66.2 Å². The van der Waals surface area contributed by atoms with Crippen molar-refractivity contribution in [2.75, 3.05) is 0 Å². The zero-order chi connectivity index (χ0) is 13.9. The van der Waals surface area contributed by atoms with Crippen LogP contribution in [0.2, 0.25) is 0 Å². The van der Waals surface area contributed by atoms with Crippen molar-refractivity contribution in [3.63, 3.8) is 0 Å². The van der Waals surface area contributed by atoms with Crippen molar-refractivity contribution >= 4 is 27.2 Å². The van der Waals surface area contributed by atoms with Gasteiger partial charge in [-0.1, -0.05) is 60.1 Å². The maximum absolute atomic E-state index is 12.2. The average molecular weight is 295 g/mol. The predicted octanol–water partition coefficient (Wildman–Crippen LogP) is 2.91. The predicted molar refractivity (Wildman–Crippen MR) is 74.0 cm³/mol. The summed E-state index contributed by atoms with van der Waals surface area (Å²) in [4.78, 5) is 12.1. The molecule has 0 N–H and O–H groups in total. The molecule has 0 radical (unpaired) electrons. The molecular formula is C14H11ClO3S. The lowest BCUT2D eigenvalue weighted by Crippen LogP contribution is -2.25. The Morgan fingerprint density at radius 1 is 0.895 bits per heavy atom. The molecule has 19 heavy (non-hydrogen) atoms. The second kappa shape index (κ2) is 5.55. The summed E-state index contributed by atoms with van der Waals surface area (Å²) in [6.45, 7) is 0. The molecule has 1 atom stereocenters. The van der Waals surface area contributed by atoms with Crippen molar-refractivity contribution in [2.24, 2.45) is 0 Å². The van der Waals surface area contributed by atoms with Gasteiger partial charge in [0.15, 0.2) is 5.78 Å². The van der Waals surface area contributed by atoms with Crippen LogP contribution in [0.5, 0.6) is 0 Å². The molecule has 0 amide bonds. The molecule has 0 unspecified atom stereocenters. The Bertz CT molecular complexity index is 666. The van der Waals surface area contributed by atoms with Gasteiger partial charge in [-0.15, -0.1) is 0 Å². The molecule has 5 heteroatoms. The number of rotatable bonds is 4. The Morgan fingerprint density at radius 2 is 1.37 bits per heavy atom.